The molecule has 0 aromatic heterocycles. The monoisotopic (exact) mass is 250 g/mol. The Labute approximate surface area is 114 Å². The van der Waals surface area contributed by atoms with E-state index in [2.05, 4.69) is 24.0 Å². The summed E-state index contributed by atoms with van der Waals surface area (Å²) in [7, 11) is 0. The lowest BCUT2D eigenvalue weighted by molar-refractivity contribution is 0.112. The molecule has 0 aliphatic rings. The molecule has 19 heavy (non-hydrogen) atoms. The summed E-state index contributed by atoms with van der Waals surface area (Å²) in [5.74, 6) is 5.97. The van der Waals surface area contributed by atoms with Crippen molar-refractivity contribution in [1.82, 2.24) is 0 Å². The van der Waals surface area contributed by atoms with Crippen molar-refractivity contribution in [2.24, 2.45) is 0 Å². The molecule has 0 fully saturated rings. The molecule has 1 N–H and O–H groups in total. The summed E-state index contributed by atoms with van der Waals surface area (Å²) in [6.07, 6.45) is 1.47. The van der Waals surface area contributed by atoms with Crippen LogP contribution >= 0.6 is 0 Å². The van der Waals surface area contributed by atoms with Crippen molar-refractivity contribution in [3.63, 3.8) is 0 Å². The Morgan fingerprint density at radius 1 is 0.947 bits per heavy atom. The first-order chi connectivity index (χ1) is 9.16. The van der Waals surface area contributed by atoms with Crippen molar-refractivity contribution < 1.29 is 5.11 Å². The SMILES string of the molecule is CC(O)(C#Cc1ccccc1)CCc1ccccc1. The van der Waals surface area contributed by atoms with Crippen molar-refractivity contribution in [1.29, 1.82) is 0 Å². The molecule has 2 aromatic rings. The van der Waals surface area contributed by atoms with Crippen molar-refractivity contribution in [3.05, 3.63) is 71.8 Å². The third-order valence-electron chi connectivity index (χ3n) is 2.99. The number of aliphatic hydroxyl groups is 1. The van der Waals surface area contributed by atoms with E-state index in [0.29, 0.717) is 6.42 Å². The lowest BCUT2D eigenvalue weighted by Crippen LogP contribution is -2.22. The Morgan fingerprint density at radius 3 is 2.16 bits per heavy atom. The standard InChI is InChI=1S/C18H18O/c1-18(19,14-12-16-8-4-2-5-9-16)15-13-17-10-6-3-7-11-17/h2-11,19H,12,14H2,1H3. The molecule has 0 heterocycles. The van der Waals surface area contributed by atoms with Crippen molar-refractivity contribution in [2.75, 3.05) is 0 Å². The Hall–Kier alpha value is -2.04. The zero-order valence-corrected chi connectivity index (χ0v) is 11.1. The fourth-order valence-corrected chi connectivity index (χ4v) is 1.82. The van der Waals surface area contributed by atoms with Gasteiger partial charge in [0.2, 0.25) is 0 Å². The summed E-state index contributed by atoms with van der Waals surface area (Å²) < 4.78 is 0. The first-order valence-corrected chi connectivity index (χ1v) is 6.50. The summed E-state index contributed by atoms with van der Waals surface area (Å²) >= 11 is 0. The van der Waals surface area contributed by atoms with E-state index in [-0.39, 0.29) is 0 Å². The Bertz CT molecular complexity index is 559. The Kier molecular flexibility index (Phi) is 4.39. The largest absolute Gasteiger partial charge is 0.378 e. The summed E-state index contributed by atoms with van der Waals surface area (Å²) in [5, 5.41) is 10.3. The van der Waals surface area contributed by atoms with Crippen LogP contribution in [-0.4, -0.2) is 10.7 Å². The third kappa shape index (κ3) is 4.62. The highest BCUT2D eigenvalue weighted by atomic mass is 16.3. The molecule has 0 bridgehead atoms. The second-order valence-electron chi connectivity index (χ2n) is 4.88. The second-order valence-corrected chi connectivity index (χ2v) is 4.88. The maximum absolute atomic E-state index is 10.3. The fraction of sp³-hybridized carbons (Fsp3) is 0.222. The van der Waals surface area contributed by atoms with Crippen LogP contribution in [0.3, 0.4) is 0 Å². The van der Waals surface area contributed by atoms with Gasteiger partial charge in [-0.1, -0.05) is 60.4 Å². The zero-order chi connectivity index (χ0) is 13.6. The Balaban J connectivity index is 1.98. The van der Waals surface area contributed by atoms with Crippen LogP contribution in [0.1, 0.15) is 24.5 Å². The minimum absolute atomic E-state index is 0.636. The minimum Gasteiger partial charge on any atom is -0.378 e. The van der Waals surface area contributed by atoms with Gasteiger partial charge in [-0.05, 0) is 37.5 Å². The number of aryl methyl sites for hydroxylation is 1. The van der Waals surface area contributed by atoms with Crippen LogP contribution in [0.5, 0.6) is 0 Å². The van der Waals surface area contributed by atoms with Gasteiger partial charge in [-0.2, -0.15) is 0 Å². The van der Waals surface area contributed by atoms with Crippen molar-refractivity contribution >= 4 is 0 Å². The number of benzene rings is 2. The normalized spacial score (nSPS) is 13.2. The van der Waals surface area contributed by atoms with E-state index >= 15 is 0 Å². The van der Waals surface area contributed by atoms with E-state index in [9.17, 15) is 5.11 Å². The summed E-state index contributed by atoms with van der Waals surface area (Å²) in [6, 6.07) is 19.9. The molecule has 0 aliphatic carbocycles. The zero-order valence-electron chi connectivity index (χ0n) is 11.1. The van der Waals surface area contributed by atoms with Crippen LogP contribution in [0.25, 0.3) is 0 Å². The first-order valence-electron chi connectivity index (χ1n) is 6.50. The van der Waals surface area contributed by atoms with E-state index in [1.807, 2.05) is 48.5 Å². The maximum Gasteiger partial charge on any atom is 0.123 e. The maximum atomic E-state index is 10.3. The van der Waals surface area contributed by atoms with Gasteiger partial charge < -0.3 is 5.11 Å². The number of rotatable bonds is 3. The van der Waals surface area contributed by atoms with E-state index in [1.165, 1.54) is 5.56 Å². The quantitative estimate of drug-likeness (QED) is 0.828. The molecule has 0 aliphatic heterocycles. The predicted octanol–water partition coefficient (Wildman–Crippen LogP) is 3.42. The summed E-state index contributed by atoms with van der Waals surface area (Å²) in [6.45, 7) is 1.77. The highest BCUT2D eigenvalue weighted by Crippen LogP contribution is 2.13. The molecule has 0 amide bonds. The lowest BCUT2D eigenvalue weighted by atomic mass is 9.97. The third-order valence-corrected chi connectivity index (χ3v) is 2.99. The molecule has 2 rings (SSSR count). The Morgan fingerprint density at radius 2 is 1.53 bits per heavy atom. The van der Waals surface area contributed by atoms with E-state index in [4.69, 9.17) is 0 Å². The second kappa shape index (κ2) is 6.22. The average Bonchev–Trinajstić information content (AvgIpc) is 2.46. The van der Waals surface area contributed by atoms with Crippen molar-refractivity contribution in [3.8, 4) is 11.8 Å². The lowest BCUT2D eigenvalue weighted by Gasteiger charge is -2.16. The van der Waals surface area contributed by atoms with Gasteiger partial charge >= 0.3 is 0 Å². The van der Waals surface area contributed by atoms with Crippen LogP contribution in [0, 0.1) is 11.8 Å². The molecule has 2 aromatic carbocycles. The molecule has 1 heteroatoms. The molecular formula is C18H18O. The van der Waals surface area contributed by atoms with Gasteiger partial charge in [0, 0.05) is 5.56 Å². The van der Waals surface area contributed by atoms with Crippen LogP contribution in [0.2, 0.25) is 0 Å². The van der Waals surface area contributed by atoms with Gasteiger partial charge in [-0.15, -0.1) is 0 Å². The van der Waals surface area contributed by atoms with Crippen LogP contribution in [-0.2, 0) is 6.42 Å². The van der Waals surface area contributed by atoms with Gasteiger partial charge in [0.15, 0.2) is 0 Å². The summed E-state index contributed by atoms with van der Waals surface area (Å²) in [5.41, 5.74) is 1.21. The summed E-state index contributed by atoms with van der Waals surface area (Å²) in [4.78, 5) is 0. The molecule has 96 valence electrons. The molecule has 1 unspecified atom stereocenters. The number of hydrogen-bond acceptors (Lipinski definition) is 1. The fourth-order valence-electron chi connectivity index (χ4n) is 1.82. The van der Waals surface area contributed by atoms with Crippen LogP contribution < -0.4 is 0 Å². The molecule has 0 saturated heterocycles. The number of hydrogen-bond donors (Lipinski definition) is 1. The highest BCUT2D eigenvalue weighted by molar-refractivity contribution is 5.35. The molecule has 0 radical (unpaired) electrons. The van der Waals surface area contributed by atoms with Gasteiger partial charge in [0.25, 0.3) is 0 Å². The predicted molar refractivity (Wildman–Crippen MR) is 78.7 cm³/mol. The smallest absolute Gasteiger partial charge is 0.123 e. The molecule has 1 nitrogen and oxygen atoms in total. The molecule has 1 atom stereocenters. The van der Waals surface area contributed by atoms with Crippen LogP contribution in [0.15, 0.2) is 60.7 Å². The van der Waals surface area contributed by atoms with E-state index < -0.39 is 5.60 Å². The van der Waals surface area contributed by atoms with Gasteiger partial charge in [-0.25, -0.2) is 0 Å². The van der Waals surface area contributed by atoms with Gasteiger partial charge in [0.1, 0.15) is 5.60 Å². The van der Waals surface area contributed by atoms with E-state index in [1.54, 1.807) is 6.92 Å². The highest BCUT2D eigenvalue weighted by Gasteiger charge is 2.16. The molecular weight excluding hydrogens is 232 g/mol. The first kappa shape index (κ1) is 13.4. The molecule has 0 spiro atoms. The van der Waals surface area contributed by atoms with E-state index in [0.717, 1.165) is 12.0 Å². The van der Waals surface area contributed by atoms with Gasteiger partial charge in [-0.3, -0.25) is 0 Å². The average molecular weight is 250 g/mol. The van der Waals surface area contributed by atoms with Crippen LogP contribution in [0.4, 0.5) is 0 Å². The van der Waals surface area contributed by atoms with Gasteiger partial charge in [0.05, 0.1) is 0 Å². The topological polar surface area (TPSA) is 20.2 Å². The molecule has 0 saturated carbocycles. The minimum atomic E-state index is -0.953. The van der Waals surface area contributed by atoms with Crippen molar-refractivity contribution in [2.45, 2.75) is 25.4 Å².